The number of anilines is 1. The zero-order valence-electron chi connectivity index (χ0n) is 10.6. The van der Waals surface area contributed by atoms with Crippen molar-refractivity contribution in [2.24, 2.45) is 0 Å². The van der Waals surface area contributed by atoms with Crippen LogP contribution in [0.15, 0.2) is 0 Å². The van der Waals surface area contributed by atoms with Crippen LogP contribution in [0.3, 0.4) is 0 Å². The quantitative estimate of drug-likeness (QED) is 0.850. The summed E-state index contributed by atoms with van der Waals surface area (Å²) in [6.45, 7) is 7.60. The Labute approximate surface area is 111 Å². The Kier molecular flexibility index (Phi) is 3.22. The number of hydrogen-bond donors (Lipinski definition) is 1. The first-order valence-corrected chi connectivity index (χ1v) is 7.36. The molecule has 1 N–H and O–H groups in total. The van der Waals surface area contributed by atoms with Gasteiger partial charge >= 0.3 is 0 Å². The third-order valence-electron chi connectivity index (χ3n) is 3.56. The number of rotatable bonds is 2. The molecule has 3 rings (SSSR count). The minimum atomic E-state index is 0.164. The molecule has 98 valence electrons. The van der Waals surface area contributed by atoms with Gasteiger partial charge in [-0.25, -0.2) is 4.98 Å². The van der Waals surface area contributed by atoms with Gasteiger partial charge in [0.05, 0.1) is 5.69 Å². The van der Waals surface area contributed by atoms with Crippen LogP contribution in [0.4, 0.5) is 5.13 Å². The maximum atomic E-state index is 12.2. The molecule has 3 heterocycles. The third kappa shape index (κ3) is 1.99. The second kappa shape index (κ2) is 4.85. The number of carbonyl (C=O) groups is 1. The van der Waals surface area contributed by atoms with Gasteiger partial charge in [-0.2, -0.15) is 0 Å². The Balaban J connectivity index is 1.85. The SMILES string of the molecule is CCN1CCc2nc(N3CCNCC3)sc2C1=O. The lowest BCUT2D eigenvalue weighted by atomic mass is 10.2. The summed E-state index contributed by atoms with van der Waals surface area (Å²) in [5.74, 6) is 0.164. The van der Waals surface area contributed by atoms with Gasteiger partial charge in [0.1, 0.15) is 4.88 Å². The molecule has 5 nitrogen and oxygen atoms in total. The molecule has 0 saturated carbocycles. The van der Waals surface area contributed by atoms with E-state index in [1.807, 2.05) is 11.8 Å². The van der Waals surface area contributed by atoms with Crippen LogP contribution in [-0.2, 0) is 6.42 Å². The Bertz CT molecular complexity index is 453. The van der Waals surface area contributed by atoms with Gasteiger partial charge in [-0.3, -0.25) is 4.79 Å². The first-order valence-electron chi connectivity index (χ1n) is 6.54. The summed E-state index contributed by atoms with van der Waals surface area (Å²) in [4.78, 5) is 21.9. The van der Waals surface area contributed by atoms with Crippen molar-refractivity contribution in [3.8, 4) is 0 Å². The van der Waals surface area contributed by atoms with Gasteiger partial charge in [0.25, 0.3) is 5.91 Å². The highest BCUT2D eigenvalue weighted by atomic mass is 32.1. The molecule has 0 atom stereocenters. The summed E-state index contributed by atoms with van der Waals surface area (Å²) < 4.78 is 0. The van der Waals surface area contributed by atoms with Crippen molar-refractivity contribution in [2.75, 3.05) is 44.2 Å². The van der Waals surface area contributed by atoms with Gasteiger partial charge in [-0.1, -0.05) is 11.3 Å². The third-order valence-corrected chi connectivity index (χ3v) is 4.70. The van der Waals surface area contributed by atoms with Gasteiger partial charge in [-0.15, -0.1) is 0 Å². The van der Waals surface area contributed by atoms with Crippen LogP contribution in [-0.4, -0.2) is 55.1 Å². The molecular formula is C12H18N4OS. The zero-order valence-corrected chi connectivity index (χ0v) is 11.4. The summed E-state index contributed by atoms with van der Waals surface area (Å²) in [5, 5.41) is 4.35. The van der Waals surface area contributed by atoms with Gasteiger partial charge in [0, 0.05) is 45.7 Å². The molecule has 1 amide bonds. The normalized spacial score (nSPS) is 20.2. The number of fused-ring (bicyclic) bond motifs is 1. The Hall–Kier alpha value is -1.14. The Morgan fingerprint density at radius 3 is 2.83 bits per heavy atom. The number of piperazine rings is 1. The van der Waals surface area contributed by atoms with Crippen molar-refractivity contribution in [3.63, 3.8) is 0 Å². The summed E-state index contributed by atoms with van der Waals surface area (Å²) >= 11 is 1.56. The first kappa shape index (κ1) is 11.9. The standard InChI is InChI=1S/C12H18N4OS/c1-2-15-6-3-9-10(11(15)17)18-12(14-9)16-7-4-13-5-8-16/h13H,2-8H2,1H3. The van der Waals surface area contributed by atoms with Crippen LogP contribution in [0.5, 0.6) is 0 Å². The van der Waals surface area contributed by atoms with Gasteiger partial charge < -0.3 is 15.1 Å². The average Bonchev–Trinajstić information content (AvgIpc) is 2.85. The largest absolute Gasteiger partial charge is 0.346 e. The Morgan fingerprint density at radius 1 is 1.33 bits per heavy atom. The number of likely N-dealkylation sites (N-methyl/N-ethyl adjacent to an activating group) is 1. The lowest BCUT2D eigenvalue weighted by molar-refractivity contribution is 0.0753. The molecule has 0 radical (unpaired) electrons. The summed E-state index contributed by atoms with van der Waals surface area (Å²) in [6, 6.07) is 0. The van der Waals surface area contributed by atoms with E-state index in [-0.39, 0.29) is 5.91 Å². The van der Waals surface area contributed by atoms with Crippen LogP contribution >= 0.6 is 11.3 Å². The van der Waals surface area contributed by atoms with Crippen LogP contribution in [0.1, 0.15) is 22.3 Å². The molecule has 6 heteroatoms. The molecule has 1 fully saturated rings. The predicted molar refractivity (Wildman–Crippen MR) is 72.5 cm³/mol. The minimum absolute atomic E-state index is 0.164. The van der Waals surface area contributed by atoms with Gasteiger partial charge in [-0.05, 0) is 6.92 Å². The van der Waals surface area contributed by atoms with Crippen molar-refractivity contribution in [1.29, 1.82) is 0 Å². The lowest BCUT2D eigenvalue weighted by Crippen LogP contribution is -2.43. The number of nitrogens with zero attached hydrogens (tertiary/aromatic N) is 3. The van der Waals surface area contributed by atoms with Crippen molar-refractivity contribution in [1.82, 2.24) is 15.2 Å². The van der Waals surface area contributed by atoms with E-state index in [9.17, 15) is 4.79 Å². The van der Waals surface area contributed by atoms with E-state index in [0.29, 0.717) is 0 Å². The topological polar surface area (TPSA) is 48.5 Å². The van der Waals surface area contributed by atoms with Crippen LogP contribution in [0.25, 0.3) is 0 Å². The van der Waals surface area contributed by atoms with E-state index in [4.69, 9.17) is 0 Å². The highest BCUT2D eigenvalue weighted by Gasteiger charge is 2.28. The van der Waals surface area contributed by atoms with Crippen LogP contribution in [0.2, 0.25) is 0 Å². The lowest BCUT2D eigenvalue weighted by Gasteiger charge is -2.26. The Morgan fingerprint density at radius 2 is 2.11 bits per heavy atom. The fourth-order valence-electron chi connectivity index (χ4n) is 2.45. The smallest absolute Gasteiger partial charge is 0.265 e. The average molecular weight is 266 g/mol. The van der Waals surface area contributed by atoms with Gasteiger partial charge in [0.15, 0.2) is 5.13 Å². The fraction of sp³-hybridized carbons (Fsp3) is 0.667. The molecule has 0 aliphatic carbocycles. The molecule has 1 aromatic heterocycles. The number of aromatic nitrogens is 1. The molecule has 0 unspecified atom stereocenters. The highest BCUT2D eigenvalue weighted by Crippen LogP contribution is 2.30. The fourth-order valence-corrected chi connectivity index (χ4v) is 3.59. The van der Waals surface area contributed by atoms with E-state index in [0.717, 1.165) is 61.4 Å². The van der Waals surface area contributed by atoms with Crippen LogP contribution in [0, 0.1) is 0 Å². The summed E-state index contributed by atoms with van der Waals surface area (Å²) in [6.07, 6.45) is 0.900. The maximum absolute atomic E-state index is 12.2. The van der Waals surface area contributed by atoms with E-state index in [1.165, 1.54) is 0 Å². The van der Waals surface area contributed by atoms with E-state index < -0.39 is 0 Å². The van der Waals surface area contributed by atoms with Gasteiger partial charge in [0.2, 0.25) is 0 Å². The van der Waals surface area contributed by atoms with Crippen molar-refractivity contribution in [2.45, 2.75) is 13.3 Å². The van der Waals surface area contributed by atoms with Crippen molar-refractivity contribution < 1.29 is 4.79 Å². The number of nitrogens with one attached hydrogen (secondary N) is 1. The molecule has 0 bridgehead atoms. The monoisotopic (exact) mass is 266 g/mol. The highest BCUT2D eigenvalue weighted by molar-refractivity contribution is 7.17. The molecule has 18 heavy (non-hydrogen) atoms. The van der Waals surface area contributed by atoms with Crippen molar-refractivity contribution >= 4 is 22.4 Å². The van der Waals surface area contributed by atoms with Crippen molar-refractivity contribution in [3.05, 3.63) is 10.6 Å². The number of thiazole rings is 1. The molecule has 1 aromatic rings. The van der Waals surface area contributed by atoms with E-state index >= 15 is 0 Å². The molecule has 0 spiro atoms. The number of hydrogen-bond acceptors (Lipinski definition) is 5. The summed E-state index contributed by atoms with van der Waals surface area (Å²) in [5.41, 5.74) is 1.00. The summed E-state index contributed by atoms with van der Waals surface area (Å²) in [7, 11) is 0. The van der Waals surface area contributed by atoms with E-state index in [2.05, 4.69) is 15.2 Å². The first-order chi connectivity index (χ1) is 8.79. The second-order valence-electron chi connectivity index (χ2n) is 4.64. The molecule has 2 aliphatic rings. The number of amides is 1. The van der Waals surface area contributed by atoms with Crippen LogP contribution < -0.4 is 10.2 Å². The zero-order chi connectivity index (χ0) is 12.5. The maximum Gasteiger partial charge on any atom is 0.265 e. The molecule has 1 saturated heterocycles. The molecular weight excluding hydrogens is 248 g/mol. The van der Waals surface area contributed by atoms with E-state index in [1.54, 1.807) is 11.3 Å². The second-order valence-corrected chi connectivity index (χ2v) is 5.62. The minimum Gasteiger partial charge on any atom is -0.346 e. The molecule has 2 aliphatic heterocycles. The predicted octanol–water partition coefficient (Wildman–Crippen LogP) is 0.571. The molecule has 0 aromatic carbocycles. The number of carbonyl (C=O) groups excluding carboxylic acids is 1.